The summed E-state index contributed by atoms with van der Waals surface area (Å²) in [5.74, 6) is 0. The fourth-order valence-electron chi connectivity index (χ4n) is 2.27. The Kier molecular flexibility index (Phi) is 2.10. The fourth-order valence-corrected chi connectivity index (χ4v) is 2.27. The first-order valence-corrected chi connectivity index (χ1v) is 4.85. The molecular weight excluding hydrogens is 152 g/mol. The Morgan fingerprint density at radius 1 is 1.42 bits per heavy atom. The number of hydrogen-bond donors (Lipinski definition) is 2. The predicted molar refractivity (Wildman–Crippen MR) is 48.0 cm³/mol. The average Bonchev–Trinajstić information content (AvgIpc) is 2.26. The maximum Gasteiger partial charge on any atom is 0.0721 e. The van der Waals surface area contributed by atoms with Gasteiger partial charge < -0.3 is 10.4 Å². The second kappa shape index (κ2) is 2.98. The highest BCUT2D eigenvalue weighted by Gasteiger charge is 2.38. The molecule has 0 saturated carbocycles. The molecule has 2 heterocycles. The molecule has 0 spiro atoms. The van der Waals surface area contributed by atoms with Crippen LogP contribution in [0.3, 0.4) is 0 Å². The predicted octanol–water partition coefficient (Wildman–Crippen LogP) is -0.198. The molecular formula is C9H18N2O. The third-order valence-corrected chi connectivity index (χ3v) is 3.06. The van der Waals surface area contributed by atoms with Gasteiger partial charge in [-0.2, -0.15) is 0 Å². The quantitative estimate of drug-likeness (QED) is 0.572. The summed E-state index contributed by atoms with van der Waals surface area (Å²) in [4.78, 5) is 2.45. The number of rotatable bonds is 1. The van der Waals surface area contributed by atoms with E-state index in [4.69, 9.17) is 0 Å². The van der Waals surface area contributed by atoms with E-state index in [-0.39, 0.29) is 6.10 Å². The summed E-state index contributed by atoms with van der Waals surface area (Å²) in [5.41, 5.74) is 0. The van der Waals surface area contributed by atoms with Crippen molar-refractivity contribution in [2.45, 2.75) is 44.5 Å². The maximum absolute atomic E-state index is 9.61. The van der Waals surface area contributed by atoms with Gasteiger partial charge in [0, 0.05) is 31.2 Å². The van der Waals surface area contributed by atoms with Gasteiger partial charge in [-0.05, 0) is 20.3 Å². The van der Waals surface area contributed by atoms with Crippen molar-refractivity contribution in [2.75, 3.05) is 13.1 Å². The van der Waals surface area contributed by atoms with Crippen LogP contribution in [0.25, 0.3) is 0 Å². The number of hydrogen-bond acceptors (Lipinski definition) is 3. The lowest BCUT2D eigenvalue weighted by Crippen LogP contribution is -2.54. The number of aliphatic hydroxyl groups excluding tert-OH is 1. The van der Waals surface area contributed by atoms with Gasteiger partial charge in [-0.15, -0.1) is 0 Å². The third-order valence-electron chi connectivity index (χ3n) is 3.06. The number of aliphatic hydroxyl groups is 1. The molecule has 3 atom stereocenters. The van der Waals surface area contributed by atoms with Crippen molar-refractivity contribution in [2.24, 2.45) is 0 Å². The molecule has 3 nitrogen and oxygen atoms in total. The summed E-state index contributed by atoms with van der Waals surface area (Å²) in [6.07, 6.45) is 0.826. The van der Waals surface area contributed by atoms with Crippen molar-refractivity contribution in [3.63, 3.8) is 0 Å². The lowest BCUT2D eigenvalue weighted by molar-refractivity contribution is 0.116. The second-order valence-electron chi connectivity index (χ2n) is 4.32. The second-order valence-corrected chi connectivity index (χ2v) is 4.32. The molecule has 0 radical (unpaired) electrons. The summed E-state index contributed by atoms with van der Waals surface area (Å²) in [6, 6.07) is 1.47. The number of likely N-dealkylation sites (tertiary alicyclic amines) is 1. The van der Waals surface area contributed by atoms with E-state index in [0.29, 0.717) is 18.1 Å². The van der Waals surface area contributed by atoms with E-state index >= 15 is 0 Å². The summed E-state index contributed by atoms with van der Waals surface area (Å²) in [5, 5.41) is 13.0. The molecule has 2 aliphatic rings. The van der Waals surface area contributed by atoms with Gasteiger partial charge in [-0.3, -0.25) is 4.90 Å². The van der Waals surface area contributed by atoms with E-state index in [2.05, 4.69) is 24.1 Å². The van der Waals surface area contributed by atoms with Gasteiger partial charge in [0.2, 0.25) is 0 Å². The Morgan fingerprint density at radius 3 is 2.75 bits per heavy atom. The molecule has 2 fully saturated rings. The summed E-state index contributed by atoms with van der Waals surface area (Å²) >= 11 is 0. The van der Waals surface area contributed by atoms with Crippen molar-refractivity contribution in [3.05, 3.63) is 0 Å². The molecule has 0 aromatic rings. The lowest BCUT2D eigenvalue weighted by atomic mass is 10.2. The molecule has 0 aliphatic carbocycles. The van der Waals surface area contributed by atoms with Crippen LogP contribution < -0.4 is 5.32 Å². The fraction of sp³-hybridized carbons (Fsp3) is 1.00. The van der Waals surface area contributed by atoms with Crippen molar-refractivity contribution >= 4 is 0 Å². The summed E-state index contributed by atoms with van der Waals surface area (Å²) in [6.45, 7) is 6.55. The minimum Gasteiger partial charge on any atom is -0.391 e. The van der Waals surface area contributed by atoms with Gasteiger partial charge in [0.1, 0.15) is 0 Å². The Morgan fingerprint density at radius 2 is 2.17 bits per heavy atom. The zero-order valence-electron chi connectivity index (χ0n) is 7.83. The van der Waals surface area contributed by atoms with Crippen molar-refractivity contribution in [1.29, 1.82) is 0 Å². The largest absolute Gasteiger partial charge is 0.391 e. The molecule has 12 heavy (non-hydrogen) atoms. The minimum atomic E-state index is -0.112. The van der Waals surface area contributed by atoms with Crippen LogP contribution in [-0.4, -0.2) is 47.3 Å². The SMILES string of the molecule is CC(C)N1C[C@H]2C[C@@H](O)[C@@H](C1)N2. The number of nitrogens with one attached hydrogen (secondary N) is 1. The van der Waals surface area contributed by atoms with Crippen molar-refractivity contribution in [3.8, 4) is 0 Å². The van der Waals surface area contributed by atoms with Crippen molar-refractivity contribution < 1.29 is 5.11 Å². The molecule has 2 rings (SSSR count). The molecule has 2 aliphatic heterocycles. The monoisotopic (exact) mass is 170 g/mol. The Balaban J connectivity index is 2.01. The zero-order chi connectivity index (χ0) is 8.72. The van der Waals surface area contributed by atoms with Crippen molar-refractivity contribution in [1.82, 2.24) is 10.2 Å². The van der Waals surface area contributed by atoms with Gasteiger partial charge in [0.25, 0.3) is 0 Å². The smallest absolute Gasteiger partial charge is 0.0721 e. The molecule has 0 aromatic carbocycles. The molecule has 2 bridgehead atoms. The van der Waals surface area contributed by atoms with E-state index in [0.717, 1.165) is 19.5 Å². The summed E-state index contributed by atoms with van der Waals surface area (Å²) in [7, 11) is 0. The molecule has 0 aromatic heterocycles. The Bertz CT molecular complexity index is 170. The first-order valence-electron chi connectivity index (χ1n) is 4.85. The first kappa shape index (κ1) is 8.48. The highest BCUT2D eigenvalue weighted by Crippen LogP contribution is 2.21. The van der Waals surface area contributed by atoms with Crippen LogP contribution >= 0.6 is 0 Å². The van der Waals surface area contributed by atoms with Crippen LogP contribution in [0.1, 0.15) is 20.3 Å². The van der Waals surface area contributed by atoms with Gasteiger partial charge >= 0.3 is 0 Å². The van der Waals surface area contributed by atoms with Gasteiger partial charge in [-0.1, -0.05) is 0 Å². The highest BCUT2D eigenvalue weighted by atomic mass is 16.3. The molecule has 2 N–H and O–H groups in total. The van der Waals surface area contributed by atoms with Crippen LogP contribution in [-0.2, 0) is 0 Å². The van der Waals surface area contributed by atoms with Gasteiger partial charge in [-0.25, -0.2) is 0 Å². The molecule has 70 valence electrons. The van der Waals surface area contributed by atoms with Crippen LogP contribution in [0, 0.1) is 0 Å². The average molecular weight is 170 g/mol. The van der Waals surface area contributed by atoms with E-state index in [9.17, 15) is 5.11 Å². The maximum atomic E-state index is 9.61. The van der Waals surface area contributed by atoms with Gasteiger partial charge in [0.05, 0.1) is 6.10 Å². The Hall–Kier alpha value is -0.120. The van der Waals surface area contributed by atoms with Crippen LogP contribution in [0.15, 0.2) is 0 Å². The number of fused-ring (bicyclic) bond motifs is 2. The van der Waals surface area contributed by atoms with E-state index in [1.807, 2.05) is 0 Å². The van der Waals surface area contributed by atoms with Crippen LogP contribution in [0.4, 0.5) is 0 Å². The highest BCUT2D eigenvalue weighted by molar-refractivity contribution is 4.98. The molecule has 0 unspecified atom stereocenters. The normalized spacial score (nSPS) is 42.5. The first-order chi connectivity index (χ1) is 5.66. The molecule has 0 amide bonds. The third kappa shape index (κ3) is 1.37. The molecule has 2 saturated heterocycles. The topological polar surface area (TPSA) is 35.5 Å². The standard InChI is InChI=1S/C9H18N2O/c1-6(2)11-4-7-3-9(12)8(5-11)10-7/h6-10,12H,3-5H2,1-2H3/t7-,8-,9-/m1/s1. The number of piperazine rings is 1. The van der Waals surface area contributed by atoms with E-state index in [1.165, 1.54) is 0 Å². The number of nitrogens with zero attached hydrogens (tertiary/aromatic N) is 1. The van der Waals surface area contributed by atoms with Crippen LogP contribution in [0.5, 0.6) is 0 Å². The lowest BCUT2D eigenvalue weighted by Gasteiger charge is -2.35. The van der Waals surface area contributed by atoms with Crippen LogP contribution in [0.2, 0.25) is 0 Å². The Labute approximate surface area is 73.8 Å². The summed E-state index contributed by atoms with van der Waals surface area (Å²) < 4.78 is 0. The zero-order valence-corrected chi connectivity index (χ0v) is 7.83. The van der Waals surface area contributed by atoms with E-state index in [1.54, 1.807) is 0 Å². The van der Waals surface area contributed by atoms with Gasteiger partial charge in [0.15, 0.2) is 0 Å². The molecule has 3 heteroatoms. The minimum absolute atomic E-state index is 0.112. The van der Waals surface area contributed by atoms with E-state index < -0.39 is 0 Å².